The summed E-state index contributed by atoms with van der Waals surface area (Å²) >= 11 is 0. The number of rotatable bonds is 4. The molecule has 0 unspecified atom stereocenters. The summed E-state index contributed by atoms with van der Waals surface area (Å²) in [5.74, 6) is 1.84. The van der Waals surface area contributed by atoms with Gasteiger partial charge < -0.3 is 10.2 Å². The Morgan fingerprint density at radius 3 is 2.45 bits per heavy atom. The molecule has 0 radical (unpaired) electrons. The maximum Gasteiger partial charge on any atom is 0.138 e. The largest absolute Gasteiger partial charge is 0.367 e. The van der Waals surface area contributed by atoms with Gasteiger partial charge in [-0.1, -0.05) is 43.9 Å². The molecule has 0 spiro atoms. The number of aromatic nitrogens is 2. The van der Waals surface area contributed by atoms with Crippen molar-refractivity contribution in [2.45, 2.75) is 44.6 Å². The van der Waals surface area contributed by atoms with E-state index in [-0.39, 0.29) is 0 Å². The van der Waals surface area contributed by atoms with Crippen LogP contribution in [0.15, 0.2) is 42.7 Å². The van der Waals surface area contributed by atoms with E-state index in [0.29, 0.717) is 6.04 Å². The fraction of sp³-hybridized carbons (Fsp3) is 0.444. The van der Waals surface area contributed by atoms with Crippen LogP contribution in [-0.4, -0.2) is 23.1 Å². The molecule has 1 N–H and O–H groups in total. The Bertz CT molecular complexity index is 577. The van der Waals surface area contributed by atoms with Gasteiger partial charge in [0.05, 0.1) is 0 Å². The molecule has 1 aromatic heterocycles. The summed E-state index contributed by atoms with van der Waals surface area (Å²) in [7, 11) is 2.03. The zero-order chi connectivity index (χ0) is 15.2. The Hall–Kier alpha value is -2.10. The third kappa shape index (κ3) is 3.75. The quantitative estimate of drug-likeness (QED) is 0.850. The summed E-state index contributed by atoms with van der Waals surface area (Å²) in [6.45, 7) is 0. The van der Waals surface area contributed by atoms with Gasteiger partial charge in [-0.3, -0.25) is 0 Å². The summed E-state index contributed by atoms with van der Waals surface area (Å²) in [4.78, 5) is 10.9. The van der Waals surface area contributed by atoms with Crippen molar-refractivity contribution in [3.05, 3.63) is 42.7 Å². The van der Waals surface area contributed by atoms with Crippen molar-refractivity contribution in [1.29, 1.82) is 0 Å². The van der Waals surface area contributed by atoms with Crippen LogP contribution in [0.4, 0.5) is 17.3 Å². The van der Waals surface area contributed by atoms with Crippen LogP contribution in [0.2, 0.25) is 0 Å². The van der Waals surface area contributed by atoms with Crippen LogP contribution in [0.1, 0.15) is 38.5 Å². The summed E-state index contributed by atoms with van der Waals surface area (Å²) < 4.78 is 0. The van der Waals surface area contributed by atoms with Crippen molar-refractivity contribution in [3.8, 4) is 0 Å². The second-order valence-electron chi connectivity index (χ2n) is 5.99. The molecule has 1 heterocycles. The first kappa shape index (κ1) is 14.8. The van der Waals surface area contributed by atoms with Gasteiger partial charge in [0.25, 0.3) is 0 Å². The highest BCUT2D eigenvalue weighted by Gasteiger charge is 2.13. The Balaban J connectivity index is 1.72. The molecule has 116 valence electrons. The van der Waals surface area contributed by atoms with Crippen molar-refractivity contribution in [2.24, 2.45) is 0 Å². The second-order valence-corrected chi connectivity index (χ2v) is 5.99. The molecule has 0 amide bonds. The molecule has 2 aromatic rings. The zero-order valence-corrected chi connectivity index (χ0v) is 13.2. The van der Waals surface area contributed by atoms with E-state index in [4.69, 9.17) is 0 Å². The lowest BCUT2D eigenvalue weighted by molar-refractivity contribution is 0.617. The maximum absolute atomic E-state index is 4.40. The van der Waals surface area contributed by atoms with Crippen LogP contribution in [0.3, 0.4) is 0 Å². The first-order chi connectivity index (χ1) is 10.8. The van der Waals surface area contributed by atoms with E-state index in [0.717, 1.165) is 17.3 Å². The minimum absolute atomic E-state index is 0.548. The third-order valence-corrected chi connectivity index (χ3v) is 4.35. The van der Waals surface area contributed by atoms with Crippen LogP contribution in [0.25, 0.3) is 0 Å². The molecular formula is C18H24N4. The highest BCUT2D eigenvalue weighted by molar-refractivity contribution is 5.61. The number of anilines is 3. The molecule has 0 saturated heterocycles. The molecule has 1 saturated carbocycles. The predicted molar refractivity (Wildman–Crippen MR) is 91.6 cm³/mol. The van der Waals surface area contributed by atoms with E-state index < -0.39 is 0 Å². The summed E-state index contributed by atoms with van der Waals surface area (Å²) in [6.07, 6.45) is 9.50. The minimum Gasteiger partial charge on any atom is -0.367 e. The summed E-state index contributed by atoms with van der Waals surface area (Å²) in [6, 6.07) is 12.9. The molecule has 0 bridgehead atoms. The Labute approximate surface area is 132 Å². The van der Waals surface area contributed by atoms with Gasteiger partial charge in [0.1, 0.15) is 18.0 Å². The molecule has 4 nitrogen and oxygen atoms in total. The normalized spacial score (nSPS) is 16.0. The lowest BCUT2D eigenvalue weighted by atomic mass is 10.1. The highest BCUT2D eigenvalue weighted by Crippen LogP contribution is 2.24. The molecule has 22 heavy (non-hydrogen) atoms. The van der Waals surface area contributed by atoms with Gasteiger partial charge in [-0.05, 0) is 25.0 Å². The van der Waals surface area contributed by atoms with E-state index in [9.17, 15) is 0 Å². The smallest absolute Gasteiger partial charge is 0.138 e. The lowest BCUT2D eigenvalue weighted by Crippen LogP contribution is -2.20. The number of benzene rings is 1. The van der Waals surface area contributed by atoms with Crippen molar-refractivity contribution >= 4 is 17.3 Å². The molecule has 0 atom stereocenters. The first-order valence-electron chi connectivity index (χ1n) is 8.20. The number of hydrogen-bond acceptors (Lipinski definition) is 4. The van der Waals surface area contributed by atoms with Gasteiger partial charge in [0.2, 0.25) is 0 Å². The standard InChI is InChI=1S/C18H24N4/c1-22(16-11-7-4-8-12-16)18-13-17(19-14-20-18)21-15-9-5-2-3-6-10-15/h4,7-8,11-15H,2-3,5-6,9-10H2,1H3,(H,19,20,21). The van der Waals surface area contributed by atoms with E-state index in [2.05, 4.69) is 32.3 Å². The van der Waals surface area contributed by atoms with Gasteiger partial charge in [-0.15, -0.1) is 0 Å². The zero-order valence-electron chi connectivity index (χ0n) is 13.2. The third-order valence-electron chi connectivity index (χ3n) is 4.35. The second kappa shape index (κ2) is 7.25. The van der Waals surface area contributed by atoms with E-state index in [1.165, 1.54) is 38.5 Å². The number of para-hydroxylation sites is 1. The maximum atomic E-state index is 4.40. The predicted octanol–water partition coefficient (Wildman–Crippen LogP) is 4.38. The topological polar surface area (TPSA) is 41.0 Å². The molecule has 0 aliphatic heterocycles. The number of nitrogens with one attached hydrogen (secondary N) is 1. The molecule has 3 rings (SSSR count). The first-order valence-corrected chi connectivity index (χ1v) is 8.20. The molecular weight excluding hydrogens is 272 g/mol. The van der Waals surface area contributed by atoms with Crippen molar-refractivity contribution in [3.63, 3.8) is 0 Å². The molecule has 1 aromatic carbocycles. The molecule has 1 aliphatic rings. The Morgan fingerprint density at radius 1 is 1.00 bits per heavy atom. The van der Waals surface area contributed by atoms with E-state index in [1.807, 2.05) is 31.3 Å². The summed E-state index contributed by atoms with van der Waals surface area (Å²) in [5.41, 5.74) is 1.13. The Kier molecular flexibility index (Phi) is 4.88. The van der Waals surface area contributed by atoms with Crippen LogP contribution in [0.5, 0.6) is 0 Å². The van der Waals surface area contributed by atoms with Gasteiger partial charge in [0.15, 0.2) is 0 Å². The lowest BCUT2D eigenvalue weighted by Gasteiger charge is -2.20. The number of nitrogens with zero attached hydrogens (tertiary/aromatic N) is 3. The average Bonchev–Trinajstić information content (AvgIpc) is 2.84. The SMILES string of the molecule is CN(c1ccccc1)c1cc(NC2CCCCCC2)ncn1. The van der Waals surface area contributed by atoms with Gasteiger partial charge in [-0.2, -0.15) is 0 Å². The van der Waals surface area contributed by atoms with Gasteiger partial charge >= 0.3 is 0 Å². The van der Waals surface area contributed by atoms with Crippen LogP contribution in [-0.2, 0) is 0 Å². The van der Waals surface area contributed by atoms with Crippen LogP contribution < -0.4 is 10.2 Å². The van der Waals surface area contributed by atoms with Gasteiger partial charge in [-0.25, -0.2) is 9.97 Å². The van der Waals surface area contributed by atoms with Gasteiger partial charge in [0, 0.05) is 24.8 Å². The fourth-order valence-corrected chi connectivity index (χ4v) is 3.03. The monoisotopic (exact) mass is 296 g/mol. The van der Waals surface area contributed by atoms with Crippen LogP contribution in [0, 0.1) is 0 Å². The molecule has 1 aliphatic carbocycles. The highest BCUT2D eigenvalue weighted by atomic mass is 15.2. The minimum atomic E-state index is 0.548. The molecule has 4 heteroatoms. The summed E-state index contributed by atoms with van der Waals surface area (Å²) in [5, 5.41) is 3.59. The van der Waals surface area contributed by atoms with Crippen molar-refractivity contribution < 1.29 is 0 Å². The van der Waals surface area contributed by atoms with Crippen molar-refractivity contribution in [2.75, 3.05) is 17.3 Å². The molecule has 1 fully saturated rings. The van der Waals surface area contributed by atoms with E-state index in [1.54, 1.807) is 6.33 Å². The van der Waals surface area contributed by atoms with Crippen LogP contribution >= 0.6 is 0 Å². The van der Waals surface area contributed by atoms with Crippen molar-refractivity contribution in [1.82, 2.24) is 9.97 Å². The Morgan fingerprint density at radius 2 is 1.73 bits per heavy atom. The fourth-order valence-electron chi connectivity index (χ4n) is 3.03. The average molecular weight is 296 g/mol. The number of hydrogen-bond donors (Lipinski definition) is 1. The van der Waals surface area contributed by atoms with E-state index >= 15 is 0 Å².